The molecule has 1 aromatic rings. The van der Waals surface area contributed by atoms with E-state index in [1.165, 1.54) is 23.3 Å². The molecule has 7 heteroatoms. The molecule has 1 N–H and O–H groups in total. The fraction of sp³-hybridized carbons (Fsp3) is 0.500. The van der Waals surface area contributed by atoms with Crippen molar-refractivity contribution in [3.63, 3.8) is 0 Å². The summed E-state index contributed by atoms with van der Waals surface area (Å²) in [5.41, 5.74) is 0. The predicted molar refractivity (Wildman–Crippen MR) is 77.0 cm³/mol. The first-order valence-electron chi connectivity index (χ1n) is 5.76. The van der Waals surface area contributed by atoms with Crippen molar-refractivity contribution in [3.8, 4) is 5.75 Å². The van der Waals surface area contributed by atoms with Gasteiger partial charge < -0.3 is 14.7 Å². The van der Waals surface area contributed by atoms with E-state index in [1.54, 1.807) is 6.07 Å². The van der Waals surface area contributed by atoms with Gasteiger partial charge in [0.2, 0.25) is 0 Å². The van der Waals surface area contributed by atoms with Crippen LogP contribution in [0, 0.1) is 0 Å². The zero-order chi connectivity index (χ0) is 14.6. The average molecular weight is 350 g/mol. The van der Waals surface area contributed by atoms with E-state index in [9.17, 15) is 9.59 Å². The predicted octanol–water partition coefficient (Wildman–Crippen LogP) is 2.84. The lowest BCUT2D eigenvalue weighted by Gasteiger charge is -2.26. The van der Waals surface area contributed by atoms with Gasteiger partial charge in [0.05, 0.1) is 12.0 Å². The number of aliphatic carboxylic acids is 1. The molecule has 0 aliphatic carbocycles. The summed E-state index contributed by atoms with van der Waals surface area (Å²) in [4.78, 5) is 25.1. The fourth-order valence-corrected chi connectivity index (χ4v) is 3.14. The number of ether oxygens (including phenoxy) is 1. The van der Waals surface area contributed by atoms with Gasteiger partial charge in [-0.3, -0.25) is 9.59 Å². The molecule has 0 aliphatic rings. The van der Waals surface area contributed by atoms with Crippen molar-refractivity contribution in [2.45, 2.75) is 26.3 Å². The van der Waals surface area contributed by atoms with Gasteiger partial charge in [0, 0.05) is 12.1 Å². The normalized spacial score (nSPS) is 12.0. The number of carboxylic acids is 1. The number of thiophene rings is 1. The highest BCUT2D eigenvalue weighted by Crippen LogP contribution is 2.35. The highest BCUT2D eigenvalue weighted by atomic mass is 79.9. The molecule has 0 aromatic carbocycles. The highest BCUT2D eigenvalue weighted by Gasteiger charge is 2.25. The molecular weight excluding hydrogens is 334 g/mol. The van der Waals surface area contributed by atoms with Crippen LogP contribution >= 0.6 is 27.3 Å². The van der Waals surface area contributed by atoms with Gasteiger partial charge in [0.15, 0.2) is 0 Å². The summed E-state index contributed by atoms with van der Waals surface area (Å²) in [6.07, 6.45) is 0.697. The second-order valence-electron chi connectivity index (χ2n) is 4.04. The molecule has 0 fully saturated rings. The van der Waals surface area contributed by atoms with Crippen LogP contribution in [0.15, 0.2) is 9.85 Å². The topological polar surface area (TPSA) is 66.8 Å². The lowest BCUT2D eigenvalue weighted by molar-refractivity contribution is -0.138. The van der Waals surface area contributed by atoms with Gasteiger partial charge in [-0.25, -0.2) is 0 Å². The number of hydrogen-bond donors (Lipinski definition) is 1. The number of rotatable bonds is 6. The molecule has 0 aliphatic heterocycles. The second kappa shape index (κ2) is 6.91. The van der Waals surface area contributed by atoms with E-state index in [-0.39, 0.29) is 18.5 Å². The fourth-order valence-electron chi connectivity index (χ4n) is 1.53. The number of methoxy groups -OCH3 is 1. The van der Waals surface area contributed by atoms with Crippen molar-refractivity contribution in [1.82, 2.24) is 4.90 Å². The Bertz CT molecular complexity index is 474. The Hall–Kier alpha value is -1.08. The lowest BCUT2D eigenvalue weighted by atomic mass is 10.2. The van der Waals surface area contributed by atoms with Crippen LogP contribution in [0.5, 0.6) is 5.75 Å². The Morgan fingerprint density at radius 2 is 2.21 bits per heavy atom. The largest absolute Gasteiger partial charge is 0.495 e. The van der Waals surface area contributed by atoms with E-state index < -0.39 is 5.97 Å². The highest BCUT2D eigenvalue weighted by molar-refractivity contribution is 9.11. The van der Waals surface area contributed by atoms with Gasteiger partial charge in [-0.2, -0.15) is 0 Å². The number of halogens is 1. The van der Waals surface area contributed by atoms with Gasteiger partial charge >= 0.3 is 5.97 Å². The van der Waals surface area contributed by atoms with E-state index in [0.717, 1.165) is 3.79 Å². The second-order valence-corrected chi connectivity index (χ2v) is 6.41. The molecule has 5 nitrogen and oxygen atoms in total. The van der Waals surface area contributed by atoms with Crippen LogP contribution in [0.3, 0.4) is 0 Å². The molecule has 19 heavy (non-hydrogen) atoms. The molecule has 1 amide bonds. The molecule has 1 aromatic heterocycles. The summed E-state index contributed by atoms with van der Waals surface area (Å²) in [7, 11) is 1.52. The maximum atomic E-state index is 12.4. The third kappa shape index (κ3) is 3.94. The summed E-state index contributed by atoms with van der Waals surface area (Å²) in [5, 5.41) is 8.91. The molecule has 0 saturated heterocycles. The van der Waals surface area contributed by atoms with Crippen molar-refractivity contribution in [1.29, 1.82) is 0 Å². The maximum Gasteiger partial charge on any atom is 0.323 e. The number of carboxylic acid groups (broad SMARTS) is 1. The lowest BCUT2D eigenvalue weighted by Crippen LogP contribution is -2.41. The van der Waals surface area contributed by atoms with Crippen molar-refractivity contribution >= 4 is 39.1 Å². The Morgan fingerprint density at radius 1 is 1.58 bits per heavy atom. The molecule has 1 rings (SSSR count). The van der Waals surface area contributed by atoms with Gasteiger partial charge in [-0.15, -0.1) is 11.3 Å². The van der Waals surface area contributed by atoms with E-state index in [2.05, 4.69) is 15.9 Å². The van der Waals surface area contributed by atoms with Crippen LogP contribution in [0.1, 0.15) is 29.9 Å². The standard InChI is InChI=1S/C12H16BrNO4S/c1-4-7(2)14(6-10(15)16)12(17)9-5-8(18-3)11(13)19-9/h5,7H,4,6H2,1-3H3,(H,15,16). The Morgan fingerprint density at radius 3 is 2.63 bits per heavy atom. The molecule has 1 atom stereocenters. The van der Waals surface area contributed by atoms with Crippen LogP contribution in [-0.2, 0) is 4.79 Å². The van der Waals surface area contributed by atoms with Crippen molar-refractivity contribution in [2.24, 2.45) is 0 Å². The average Bonchev–Trinajstić information content (AvgIpc) is 2.75. The zero-order valence-corrected chi connectivity index (χ0v) is 13.4. The minimum absolute atomic E-state index is 0.129. The quantitative estimate of drug-likeness (QED) is 0.857. The summed E-state index contributed by atoms with van der Waals surface area (Å²) in [6.45, 7) is 3.45. The summed E-state index contributed by atoms with van der Waals surface area (Å²) < 4.78 is 5.82. The Labute approximate surface area is 124 Å². The van der Waals surface area contributed by atoms with E-state index >= 15 is 0 Å². The first-order chi connectivity index (χ1) is 8.90. The molecule has 0 bridgehead atoms. The minimum Gasteiger partial charge on any atom is -0.495 e. The SMILES string of the molecule is CCC(C)N(CC(=O)O)C(=O)c1cc(OC)c(Br)s1. The third-order valence-corrected chi connectivity index (χ3v) is 4.54. The number of nitrogens with zero attached hydrogens (tertiary/aromatic N) is 1. The molecular formula is C12H16BrNO4S. The number of amides is 1. The van der Waals surface area contributed by atoms with Gasteiger partial charge in [0.1, 0.15) is 16.1 Å². The molecule has 0 radical (unpaired) electrons. The number of carbonyl (C=O) groups is 2. The van der Waals surface area contributed by atoms with E-state index in [0.29, 0.717) is 17.0 Å². The molecule has 1 heterocycles. The summed E-state index contributed by atoms with van der Waals surface area (Å²) in [6, 6.07) is 1.49. The van der Waals surface area contributed by atoms with Crippen LogP contribution in [0.4, 0.5) is 0 Å². The Kier molecular flexibility index (Phi) is 5.81. The van der Waals surface area contributed by atoms with Crippen molar-refractivity contribution in [3.05, 3.63) is 14.7 Å². The van der Waals surface area contributed by atoms with Crippen LogP contribution in [0.25, 0.3) is 0 Å². The first-order valence-corrected chi connectivity index (χ1v) is 7.37. The molecule has 0 saturated carbocycles. The van der Waals surface area contributed by atoms with Gasteiger partial charge in [-0.05, 0) is 29.3 Å². The van der Waals surface area contributed by atoms with Crippen LogP contribution in [-0.4, -0.2) is 41.6 Å². The van der Waals surface area contributed by atoms with Crippen LogP contribution in [0.2, 0.25) is 0 Å². The Balaban J connectivity index is 3.00. The number of carbonyl (C=O) groups excluding carboxylic acids is 1. The monoisotopic (exact) mass is 349 g/mol. The molecule has 1 unspecified atom stereocenters. The van der Waals surface area contributed by atoms with E-state index in [1.807, 2.05) is 13.8 Å². The molecule has 106 valence electrons. The minimum atomic E-state index is -1.02. The molecule has 0 spiro atoms. The maximum absolute atomic E-state index is 12.4. The van der Waals surface area contributed by atoms with Crippen LogP contribution < -0.4 is 4.74 Å². The van der Waals surface area contributed by atoms with Gasteiger partial charge in [-0.1, -0.05) is 6.92 Å². The van der Waals surface area contributed by atoms with Crippen molar-refractivity contribution < 1.29 is 19.4 Å². The number of hydrogen-bond acceptors (Lipinski definition) is 4. The van der Waals surface area contributed by atoms with Crippen molar-refractivity contribution in [2.75, 3.05) is 13.7 Å². The summed E-state index contributed by atoms with van der Waals surface area (Å²) in [5.74, 6) is -0.727. The first kappa shape index (κ1) is 16.0. The zero-order valence-electron chi connectivity index (χ0n) is 11.0. The van der Waals surface area contributed by atoms with E-state index in [4.69, 9.17) is 9.84 Å². The smallest absolute Gasteiger partial charge is 0.323 e. The summed E-state index contributed by atoms with van der Waals surface area (Å²) >= 11 is 4.54. The third-order valence-electron chi connectivity index (χ3n) is 2.78. The van der Waals surface area contributed by atoms with Gasteiger partial charge in [0.25, 0.3) is 5.91 Å².